The third-order valence-corrected chi connectivity index (χ3v) is 5.43. The molecule has 0 spiro atoms. The molecule has 22 heavy (non-hydrogen) atoms. The number of rotatable bonds is 4. The Labute approximate surface area is 130 Å². The molecule has 0 aromatic heterocycles. The van der Waals surface area contributed by atoms with E-state index in [1.54, 1.807) is 6.07 Å². The number of carbonyl (C=O) groups is 1. The molecule has 1 aromatic rings. The molecule has 0 saturated carbocycles. The van der Waals surface area contributed by atoms with E-state index in [1.807, 2.05) is 0 Å². The first kappa shape index (κ1) is 16.5. The van der Waals surface area contributed by atoms with E-state index in [0.717, 1.165) is 25.7 Å². The fraction of sp³-hybridized carbons (Fsp3) is 0.467. The first-order valence-electron chi connectivity index (χ1n) is 7.20. The summed E-state index contributed by atoms with van der Waals surface area (Å²) in [7, 11) is -3.60. The van der Waals surface area contributed by atoms with E-state index >= 15 is 0 Å². The van der Waals surface area contributed by atoms with Gasteiger partial charge in [-0.2, -0.15) is 9.57 Å². The van der Waals surface area contributed by atoms with Crippen LogP contribution in [0.3, 0.4) is 0 Å². The van der Waals surface area contributed by atoms with Gasteiger partial charge < -0.3 is 4.74 Å². The van der Waals surface area contributed by atoms with Crippen LogP contribution in [0.25, 0.3) is 0 Å². The molecule has 1 aliphatic rings. The summed E-state index contributed by atoms with van der Waals surface area (Å²) in [5.41, 5.74) is 0.131. The number of ether oxygens (including phenoxy) is 1. The van der Waals surface area contributed by atoms with Gasteiger partial charge in [-0.25, -0.2) is 13.2 Å². The van der Waals surface area contributed by atoms with Crippen LogP contribution < -0.4 is 0 Å². The monoisotopic (exact) mass is 322 g/mol. The quantitative estimate of drug-likeness (QED) is 0.790. The highest BCUT2D eigenvalue weighted by molar-refractivity contribution is 7.89. The second-order valence-corrected chi connectivity index (χ2v) is 7.02. The molecule has 1 saturated heterocycles. The van der Waals surface area contributed by atoms with E-state index in [0.29, 0.717) is 13.1 Å². The van der Waals surface area contributed by atoms with Crippen LogP contribution in [-0.4, -0.2) is 38.4 Å². The molecule has 6 nitrogen and oxygen atoms in total. The molecule has 2 rings (SSSR count). The molecule has 0 bridgehead atoms. The number of nitriles is 1. The van der Waals surface area contributed by atoms with Gasteiger partial charge in [-0.1, -0.05) is 18.9 Å². The summed E-state index contributed by atoms with van der Waals surface area (Å²) in [6.07, 6.45) is 3.77. The topological polar surface area (TPSA) is 87.5 Å². The number of nitrogens with zero attached hydrogens (tertiary/aromatic N) is 2. The van der Waals surface area contributed by atoms with Gasteiger partial charge in [0.2, 0.25) is 10.0 Å². The second kappa shape index (κ2) is 7.38. The van der Waals surface area contributed by atoms with Gasteiger partial charge in [-0.05, 0) is 31.0 Å². The molecule has 1 aliphatic heterocycles. The molecular weight excluding hydrogens is 304 g/mol. The summed E-state index contributed by atoms with van der Waals surface area (Å²) in [4.78, 5) is 11.8. The van der Waals surface area contributed by atoms with E-state index in [9.17, 15) is 13.2 Å². The van der Waals surface area contributed by atoms with Crippen LogP contribution in [-0.2, 0) is 14.8 Å². The molecule has 0 amide bonds. The number of sulfonamides is 1. The van der Waals surface area contributed by atoms with Crippen molar-refractivity contribution in [2.75, 3.05) is 19.7 Å². The Morgan fingerprint density at radius 3 is 2.55 bits per heavy atom. The highest BCUT2D eigenvalue weighted by Crippen LogP contribution is 2.21. The van der Waals surface area contributed by atoms with Crippen LogP contribution in [0.15, 0.2) is 29.2 Å². The lowest BCUT2D eigenvalue weighted by Gasteiger charge is -2.20. The minimum absolute atomic E-state index is 0.0841. The fourth-order valence-corrected chi connectivity index (χ4v) is 3.96. The zero-order chi connectivity index (χ0) is 16.0. The van der Waals surface area contributed by atoms with Crippen LogP contribution >= 0.6 is 0 Å². The van der Waals surface area contributed by atoms with E-state index in [4.69, 9.17) is 10.00 Å². The first-order chi connectivity index (χ1) is 10.6. The summed E-state index contributed by atoms with van der Waals surface area (Å²) >= 11 is 0. The highest BCUT2D eigenvalue weighted by Gasteiger charge is 2.25. The van der Waals surface area contributed by atoms with Crippen LogP contribution in [0, 0.1) is 11.3 Å². The maximum atomic E-state index is 12.7. The van der Waals surface area contributed by atoms with Crippen LogP contribution in [0.1, 0.15) is 36.0 Å². The van der Waals surface area contributed by atoms with Crippen LogP contribution in [0.5, 0.6) is 0 Å². The van der Waals surface area contributed by atoms with E-state index in [-0.39, 0.29) is 17.1 Å². The summed E-state index contributed by atoms with van der Waals surface area (Å²) < 4.78 is 31.5. The predicted octanol–water partition coefficient (Wildman–Crippen LogP) is 1.93. The van der Waals surface area contributed by atoms with Crippen molar-refractivity contribution >= 4 is 16.0 Å². The first-order valence-corrected chi connectivity index (χ1v) is 8.64. The van der Waals surface area contributed by atoms with Crippen molar-refractivity contribution in [2.45, 2.75) is 30.6 Å². The molecule has 118 valence electrons. The number of benzene rings is 1. The molecule has 1 fully saturated rings. The van der Waals surface area contributed by atoms with Crippen LogP contribution in [0.2, 0.25) is 0 Å². The number of esters is 1. The molecular formula is C15H18N2O4S. The molecule has 1 aromatic carbocycles. The summed E-state index contributed by atoms with van der Waals surface area (Å²) in [5.74, 6) is -0.700. The van der Waals surface area contributed by atoms with E-state index < -0.39 is 16.0 Å². The van der Waals surface area contributed by atoms with Crippen LogP contribution in [0.4, 0.5) is 0 Å². The molecule has 1 heterocycles. The summed E-state index contributed by atoms with van der Waals surface area (Å²) in [6, 6.07) is 7.46. The van der Waals surface area contributed by atoms with Gasteiger partial charge in [-0.15, -0.1) is 0 Å². The van der Waals surface area contributed by atoms with Crippen molar-refractivity contribution in [3.63, 3.8) is 0 Å². The molecule has 0 unspecified atom stereocenters. The maximum Gasteiger partial charge on any atom is 0.339 e. The van der Waals surface area contributed by atoms with Gasteiger partial charge in [0, 0.05) is 13.1 Å². The third kappa shape index (κ3) is 3.84. The normalized spacial score (nSPS) is 16.5. The Kier molecular flexibility index (Phi) is 5.52. The lowest BCUT2D eigenvalue weighted by Crippen LogP contribution is -2.32. The predicted molar refractivity (Wildman–Crippen MR) is 79.6 cm³/mol. The lowest BCUT2D eigenvalue weighted by molar-refractivity contribution is 0.0554. The Morgan fingerprint density at radius 1 is 1.23 bits per heavy atom. The number of hydrogen-bond acceptors (Lipinski definition) is 5. The zero-order valence-corrected chi connectivity index (χ0v) is 13.0. The second-order valence-electron chi connectivity index (χ2n) is 5.08. The van der Waals surface area contributed by atoms with Gasteiger partial charge in [0.25, 0.3) is 0 Å². The Hall–Kier alpha value is -1.91. The SMILES string of the molecule is N#CCOC(=O)c1cccc(S(=O)(=O)N2CCCCCC2)c1. The van der Waals surface area contributed by atoms with Gasteiger partial charge in [0.1, 0.15) is 6.07 Å². The Bertz CT molecular complexity index is 671. The van der Waals surface area contributed by atoms with Crippen molar-refractivity contribution < 1.29 is 17.9 Å². The molecule has 0 radical (unpaired) electrons. The van der Waals surface area contributed by atoms with Crippen molar-refractivity contribution in [3.8, 4) is 6.07 Å². The summed E-state index contributed by atoms with van der Waals surface area (Å²) in [5, 5.41) is 8.41. The summed E-state index contributed by atoms with van der Waals surface area (Å²) in [6.45, 7) is 0.652. The average Bonchev–Trinajstić information content (AvgIpc) is 2.82. The van der Waals surface area contributed by atoms with Gasteiger partial charge >= 0.3 is 5.97 Å². The number of carbonyl (C=O) groups excluding carboxylic acids is 1. The highest BCUT2D eigenvalue weighted by atomic mass is 32.2. The van der Waals surface area contributed by atoms with E-state index in [2.05, 4.69) is 0 Å². The Balaban J connectivity index is 2.24. The molecule has 0 atom stereocenters. The smallest absolute Gasteiger partial charge is 0.339 e. The molecule has 7 heteroatoms. The third-order valence-electron chi connectivity index (χ3n) is 3.54. The minimum Gasteiger partial charge on any atom is -0.447 e. The van der Waals surface area contributed by atoms with Gasteiger partial charge in [0.15, 0.2) is 6.61 Å². The Morgan fingerprint density at radius 2 is 1.91 bits per heavy atom. The van der Waals surface area contributed by atoms with Crippen molar-refractivity contribution in [2.24, 2.45) is 0 Å². The van der Waals surface area contributed by atoms with Gasteiger partial charge in [-0.3, -0.25) is 0 Å². The van der Waals surface area contributed by atoms with Crippen molar-refractivity contribution in [1.29, 1.82) is 5.26 Å². The fourth-order valence-electron chi connectivity index (χ4n) is 2.40. The maximum absolute atomic E-state index is 12.7. The number of hydrogen-bond donors (Lipinski definition) is 0. The minimum atomic E-state index is -3.60. The standard InChI is InChI=1S/C15H18N2O4S/c16-8-11-21-15(18)13-6-5-7-14(12-13)22(19,20)17-9-3-1-2-4-10-17/h5-7,12H,1-4,9-11H2. The zero-order valence-electron chi connectivity index (χ0n) is 12.2. The lowest BCUT2D eigenvalue weighted by atomic mass is 10.2. The molecule has 0 aliphatic carbocycles. The van der Waals surface area contributed by atoms with Crippen molar-refractivity contribution in [1.82, 2.24) is 4.31 Å². The van der Waals surface area contributed by atoms with Crippen molar-refractivity contribution in [3.05, 3.63) is 29.8 Å². The largest absolute Gasteiger partial charge is 0.447 e. The average molecular weight is 322 g/mol. The van der Waals surface area contributed by atoms with E-state index in [1.165, 1.54) is 28.6 Å². The van der Waals surface area contributed by atoms with Gasteiger partial charge in [0.05, 0.1) is 10.5 Å². The molecule has 0 N–H and O–H groups in total.